The molecule has 3 N–H and O–H groups in total. The summed E-state index contributed by atoms with van der Waals surface area (Å²) in [6, 6.07) is 0. The lowest BCUT2D eigenvalue weighted by Crippen LogP contribution is -2.23. The molecule has 5 nitrogen and oxygen atoms in total. The highest BCUT2D eigenvalue weighted by molar-refractivity contribution is 5.77. The zero-order valence-corrected chi connectivity index (χ0v) is 8.99. The van der Waals surface area contributed by atoms with Crippen molar-refractivity contribution in [3.05, 3.63) is 11.8 Å². The molecule has 0 fully saturated rings. The first-order valence-corrected chi connectivity index (χ1v) is 4.82. The first kappa shape index (κ1) is 13.5. The lowest BCUT2D eigenvalue weighted by atomic mass is 9.98. The highest BCUT2D eigenvalue weighted by Gasteiger charge is 2.20. The molecule has 0 aromatic heterocycles. The molecule has 1 atom stereocenters. The summed E-state index contributed by atoms with van der Waals surface area (Å²) in [7, 11) is 1.47. The number of aliphatic hydroxyl groups is 1. The Labute approximate surface area is 88.8 Å². The minimum atomic E-state index is -1.03. The van der Waals surface area contributed by atoms with Gasteiger partial charge in [0.05, 0.1) is 12.2 Å². The maximum Gasteiger partial charge on any atom is 0.304 e. The number of hydrogen-bond acceptors (Lipinski definition) is 3. The number of aliphatic hydroxyl groups excluding tert-OH is 1. The van der Waals surface area contributed by atoms with Gasteiger partial charge in [0.25, 0.3) is 0 Å². The van der Waals surface area contributed by atoms with Crippen LogP contribution in [-0.4, -0.2) is 29.1 Å². The fourth-order valence-corrected chi connectivity index (χ4v) is 1.19. The fourth-order valence-electron chi connectivity index (χ4n) is 1.19. The Morgan fingerprint density at radius 2 is 1.93 bits per heavy atom. The minimum Gasteiger partial charge on any atom is -0.512 e. The summed E-state index contributed by atoms with van der Waals surface area (Å²) in [5.41, 5.74) is 0. The van der Waals surface area contributed by atoms with Gasteiger partial charge in [0.15, 0.2) is 0 Å². The van der Waals surface area contributed by atoms with Gasteiger partial charge >= 0.3 is 5.97 Å². The largest absolute Gasteiger partial charge is 0.512 e. The van der Waals surface area contributed by atoms with E-state index in [0.29, 0.717) is 6.42 Å². The van der Waals surface area contributed by atoms with Gasteiger partial charge in [0.2, 0.25) is 5.91 Å². The Bertz CT molecular complexity index is 260. The van der Waals surface area contributed by atoms with E-state index < -0.39 is 11.9 Å². The summed E-state index contributed by atoms with van der Waals surface area (Å²) in [4.78, 5) is 21.6. The van der Waals surface area contributed by atoms with Crippen LogP contribution in [0.25, 0.3) is 0 Å². The Morgan fingerprint density at radius 3 is 2.33 bits per heavy atom. The summed E-state index contributed by atoms with van der Waals surface area (Å²) >= 11 is 0. The van der Waals surface area contributed by atoms with Crippen LogP contribution in [0.1, 0.15) is 26.2 Å². The number of amides is 1. The third kappa shape index (κ3) is 5.72. The van der Waals surface area contributed by atoms with Crippen LogP contribution in [-0.2, 0) is 9.59 Å². The zero-order chi connectivity index (χ0) is 11.8. The van der Waals surface area contributed by atoms with E-state index in [0.717, 1.165) is 0 Å². The second-order valence-corrected chi connectivity index (χ2v) is 3.21. The van der Waals surface area contributed by atoms with Crippen LogP contribution in [0.4, 0.5) is 0 Å². The maximum absolute atomic E-state index is 11.1. The lowest BCUT2D eigenvalue weighted by Gasteiger charge is -2.13. The van der Waals surface area contributed by atoms with Gasteiger partial charge in [0.1, 0.15) is 0 Å². The zero-order valence-electron chi connectivity index (χ0n) is 8.99. The van der Waals surface area contributed by atoms with Crippen molar-refractivity contribution in [2.75, 3.05) is 7.05 Å². The summed E-state index contributed by atoms with van der Waals surface area (Å²) in [5, 5.41) is 20.5. The van der Waals surface area contributed by atoms with Gasteiger partial charge in [-0.2, -0.15) is 0 Å². The standard InChI is InChI=1S/C10H17NO4/c1-3-4-8(12)7(6-10(14)15)5-9(13)11-2/h4,7,12H,3,5-6H2,1-2H3,(H,11,13)(H,14,15). The quantitative estimate of drug-likeness (QED) is 0.578. The number of carboxylic acid groups (broad SMARTS) is 1. The van der Waals surface area contributed by atoms with Crippen molar-refractivity contribution in [3.8, 4) is 0 Å². The van der Waals surface area contributed by atoms with E-state index in [2.05, 4.69) is 5.32 Å². The number of rotatable bonds is 6. The normalized spacial score (nSPS) is 13.3. The van der Waals surface area contributed by atoms with Crippen LogP contribution in [0.15, 0.2) is 11.8 Å². The van der Waals surface area contributed by atoms with Crippen LogP contribution < -0.4 is 5.32 Å². The van der Waals surface area contributed by atoms with E-state index in [1.165, 1.54) is 13.1 Å². The molecule has 0 saturated carbocycles. The van der Waals surface area contributed by atoms with E-state index in [1.807, 2.05) is 6.92 Å². The predicted molar refractivity (Wildman–Crippen MR) is 55.4 cm³/mol. The van der Waals surface area contributed by atoms with Crippen molar-refractivity contribution >= 4 is 11.9 Å². The van der Waals surface area contributed by atoms with Crippen molar-refractivity contribution < 1.29 is 19.8 Å². The van der Waals surface area contributed by atoms with E-state index in [1.54, 1.807) is 0 Å². The molecule has 0 aromatic rings. The van der Waals surface area contributed by atoms with Gasteiger partial charge in [-0.15, -0.1) is 0 Å². The van der Waals surface area contributed by atoms with E-state index in [4.69, 9.17) is 5.11 Å². The molecule has 5 heteroatoms. The van der Waals surface area contributed by atoms with Crippen LogP contribution in [0, 0.1) is 5.92 Å². The molecular formula is C10H17NO4. The molecule has 0 aliphatic carbocycles. The van der Waals surface area contributed by atoms with Gasteiger partial charge in [-0.25, -0.2) is 0 Å². The third-order valence-electron chi connectivity index (χ3n) is 1.96. The Kier molecular flexibility index (Phi) is 6.17. The Balaban J connectivity index is 4.50. The molecule has 86 valence electrons. The van der Waals surface area contributed by atoms with Crippen LogP contribution >= 0.6 is 0 Å². The first-order valence-electron chi connectivity index (χ1n) is 4.82. The highest BCUT2D eigenvalue weighted by atomic mass is 16.4. The number of carbonyl (C=O) groups is 2. The predicted octanol–water partition coefficient (Wildman–Crippen LogP) is 1.07. The fraction of sp³-hybridized carbons (Fsp3) is 0.600. The van der Waals surface area contributed by atoms with Gasteiger partial charge in [-0.05, 0) is 12.5 Å². The molecule has 0 saturated heterocycles. The van der Waals surface area contributed by atoms with Crippen LogP contribution in [0.2, 0.25) is 0 Å². The van der Waals surface area contributed by atoms with Crippen LogP contribution in [0.5, 0.6) is 0 Å². The lowest BCUT2D eigenvalue weighted by molar-refractivity contribution is -0.138. The second kappa shape index (κ2) is 6.86. The minimum absolute atomic E-state index is 0.00880. The van der Waals surface area contributed by atoms with Gasteiger partial charge < -0.3 is 15.5 Å². The molecule has 0 bridgehead atoms. The number of aliphatic carboxylic acids is 1. The molecule has 0 radical (unpaired) electrons. The first-order chi connectivity index (χ1) is 7.01. The topological polar surface area (TPSA) is 86.6 Å². The summed E-state index contributed by atoms with van der Waals surface area (Å²) in [6.45, 7) is 1.83. The monoisotopic (exact) mass is 215 g/mol. The molecular weight excluding hydrogens is 198 g/mol. The van der Waals surface area contributed by atoms with Gasteiger partial charge in [0, 0.05) is 19.4 Å². The van der Waals surface area contributed by atoms with E-state index in [-0.39, 0.29) is 24.5 Å². The Morgan fingerprint density at radius 1 is 1.33 bits per heavy atom. The van der Waals surface area contributed by atoms with Crippen molar-refractivity contribution in [3.63, 3.8) is 0 Å². The van der Waals surface area contributed by atoms with E-state index >= 15 is 0 Å². The van der Waals surface area contributed by atoms with Crippen molar-refractivity contribution in [1.29, 1.82) is 0 Å². The molecule has 0 aliphatic rings. The average Bonchev–Trinajstić information content (AvgIpc) is 2.16. The average molecular weight is 215 g/mol. The second-order valence-electron chi connectivity index (χ2n) is 3.21. The summed E-state index contributed by atoms with van der Waals surface area (Å²) < 4.78 is 0. The molecule has 0 aromatic carbocycles. The molecule has 1 unspecified atom stereocenters. The number of hydrogen-bond donors (Lipinski definition) is 3. The number of carbonyl (C=O) groups excluding carboxylic acids is 1. The Hall–Kier alpha value is -1.52. The van der Waals surface area contributed by atoms with E-state index in [9.17, 15) is 14.7 Å². The van der Waals surface area contributed by atoms with Crippen molar-refractivity contribution in [2.45, 2.75) is 26.2 Å². The number of nitrogens with one attached hydrogen (secondary N) is 1. The smallest absolute Gasteiger partial charge is 0.304 e. The SMILES string of the molecule is CCC=C(O)C(CC(=O)O)CC(=O)NC. The van der Waals surface area contributed by atoms with Crippen molar-refractivity contribution in [2.24, 2.45) is 5.92 Å². The molecule has 0 spiro atoms. The molecule has 1 amide bonds. The molecule has 0 heterocycles. The summed E-state index contributed by atoms with van der Waals surface area (Å²) in [6.07, 6.45) is 1.88. The molecule has 0 rings (SSSR count). The van der Waals surface area contributed by atoms with Gasteiger partial charge in [-0.3, -0.25) is 9.59 Å². The number of carboxylic acids is 1. The maximum atomic E-state index is 11.1. The van der Waals surface area contributed by atoms with Gasteiger partial charge in [-0.1, -0.05) is 6.92 Å². The van der Waals surface area contributed by atoms with Crippen molar-refractivity contribution in [1.82, 2.24) is 5.32 Å². The number of allylic oxidation sites excluding steroid dienone is 2. The van der Waals surface area contributed by atoms with Crippen LogP contribution in [0.3, 0.4) is 0 Å². The molecule has 15 heavy (non-hydrogen) atoms. The highest BCUT2D eigenvalue weighted by Crippen LogP contribution is 2.17. The molecule has 0 aliphatic heterocycles. The summed E-state index contributed by atoms with van der Waals surface area (Å²) in [5.74, 6) is -1.97. The third-order valence-corrected chi connectivity index (χ3v) is 1.96.